The van der Waals surface area contributed by atoms with E-state index >= 15 is 0 Å². The first-order valence-electron chi connectivity index (χ1n) is 6.05. The zero-order valence-electron chi connectivity index (χ0n) is 11.0. The summed E-state index contributed by atoms with van der Waals surface area (Å²) in [6.07, 6.45) is 1.59. The molecule has 0 spiro atoms. The number of aromatic nitrogens is 3. The quantitative estimate of drug-likeness (QED) is 0.723. The number of amides is 1. The number of hydrogen-bond donors (Lipinski definition) is 3. The van der Waals surface area contributed by atoms with E-state index in [0.29, 0.717) is 5.69 Å². The Morgan fingerprint density at radius 2 is 2.25 bits per heavy atom. The molecule has 2 rings (SSSR count). The van der Waals surface area contributed by atoms with Crippen molar-refractivity contribution in [1.29, 1.82) is 0 Å². The van der Waals surface area contributed by atoms with Crippen LogP contribution in [0.25, 0.3) is 5.65 Å². The van der Waals surface area contributed by atoms with Crippen LogP contribution in [0.3, 0.4) is 0 Å². The molecule has 0 aliphatic rings. The molecule has 0 aliphatic heterocycles. The molecule has 2 aromatic heterocycles. The molecule has 20 heavy (non-hydrogen) atoms. The Morgan fingerprint density at radius 1 is 1.55 bits per heavy atom. The lowest BCUT2D eigenvalue weighted by molar-refractivity contribution is -0.139. The first kappa shape index (κ1) is 13.8. The number of carboxylic acids is 1. The minimum absolute atomic E-state index is 0.130. The number of aryl methyl sites for hydroxylation is 1. The predicted molar refractivity (Wildman–Crippen MR) is 69.7 cm³/mol. The monoisotopic (exact) mass is 278 g/mol. The number of rotatable bonds is 4. The van der Waals surface area contributed by atoms with Crippen LogP contribution in [0, 0.1) is 6.92 Å². The molecule has 0 bridgehead atoms. The highest BCUT2D eigenvalue weighted by Gasteiger charge is 2.21. The lowest BCUT2D eigenvalue weighted by atomic mass is 10.2. The minimum Gasteiger partial charge on any atom is -0.480 e. The summed E-state index contributed by atoms with van der Waals surface area (Å²) in [4.78, 5) is 38.8. The molecule has 8 nitrogen and oxygen atoms in total. The van der Waals surface area contributed by atoms with E-state index in [2.05, 4.69) is 15.4 Å². The summed E-state index contributed by atoms with van der Waals surface area (Å²) in [5.74, 6) is -1.70. The number of nitrogens with one attached hydrogen (secondary N) is 2. The maximum Gasteiger partial charge on any atom is 0.326 e. The number of H-pyrrole nitrogens is 1. The zero-order chi connectivity index (χ0) is 14.9. The molecule has 106 valence electrons. The number of carboxylic acid groups (broad SMARTS) is 1. The average molecular weight is 278 g/mol. The molecule has 0 aliphatic carbocycles. The molecule has 3 N–H and O–H groups in total. The van der Waals surface area contributed by atoms with Gasteiger partial charge in [-0.15, -0.1) is 0 Å². The molecule has 1 amide bonds. The molecule has 0 radical (unpaired) electrons. The number of aliphatic carboxylic acids is 1. The molecular formula is C12H14N4O4. The number of aromatic amines is 1. The summed E-state index contributed by atoms with van der Waals surface area (Å²) in [6, 6.07) is 0.353. The largest absolute Gasteiger partial charge is 0.480 e. The van der Waals surface area contributed by atoms with Crippen molar-refractivity contribution in [1.82, 2.24) is 19.9 Å². The third-order valence-electron chi connectivity index (χ3n) is 2.88. The Balaban J connectivity index is 2.41. The van der Waals surface area contributed by atoms with Crippen LogP contribution < -0.4 is 10.9 Å². The van der Waals surface area contributed by atoms with E-state index in [1.807, 2.05) is 0 Å². The van der Waals surface area contributed by atoms with Gasteiger partial charge in [-0.2, -0.15) is 0 Å². The number of hydrogen-bond acceptors (Lipinski definition) is 4. The Labute approximate surface area is 113 Å². The lowest BCUT2D eigenvalue weighted by Gasteiger charge is -2.11. The van der Waals surface area contributed by atoms with Gasteiger partial charge in [-0.1, -0.05) is 6.92 Å². The van der Waals surface area contributed by atoms with Crippen molar-refractivity contribution in [2.45, 2.75) is 26.3 Å². The van der Waals surface area contributed by atoms with Gasteiger partial charge < -0.3 is 10.4 Å². The summed E-state index contributed by atoms with van der Waals surface area (Å²) in [5, 5.41) is 13.9. The summed E-state index contributed by atoms with van der Waals surface area (Å²) in [5.41, 5.74) is 0.448. The average Bonchev–Trinajstić information content (AvgIpc) is 2.79. The Kier molecular flexibility index (Phi) is 3.55. The standard InChI is InChI=1S/C12H14N4O4/c1-3-8(12(19)20)15-11(18)7-5-13-16-9(17)4-6(2)14-10(7)16/h4-5,8,13H,3H2,1-2H3,(H,15,18)(H,19,20). The van der Waals surface area contributed by atoms with E-state index in [1.165, 1.54) is 12.3 Å². The Bertz CT molecular complexity index is 731. The highest BCUT2D eigenvalue weighted by Crippen LogP contribution is 2.07. The highest BCUT2D eigenvalue weighted by atomic mass is 16.4. The van der Waals surface area contributed by atoms with E-state index in [1.54, 1.807) is 13.8 Å². The third-order valence-corrected chi connectivity index (χ3v) is 2.88. The SMILES string of the molecule is CCC(NC(=O)c1c[nH]n2c(=O)cc(C)nc12)C(=O)O. The number of nitrogens with zero attached hydrogens (tertiary/aromatic N) is 2. The summed E-state index contributed by atoms with van der Waals surface area (Å²) >= 11 is 0. The molecular weight excluding hydrogens is 264 g/mol. The molecule has 0 saturated carbocycles. The maximum absolute atomic E-state index is 12.1. The number of carbonyl (C=O) groups excluding carboxylic acids is 1. The van der Waals surface area contributed by atoms with Gasteiger partial charge in [0.05, 0.1) is 0 Å². The second kappa shape index (κ2) is 5.16. The van der Waals surface area contributed by atoms with Crippen LogP contribution in [-0.2, 0) is 4.79 Å². The molecule has 0 aromatic carbocycles. The number of fused-ring (bicyclic) bond motifs is 1. The first-order chi connectivity index (χ1) is 9.43. The van der Waals surface area contributed by atoms with E-state index < -0.39 is 17.9 Å². The van der Waals surface area contributed by atoms with Crippen molar-refractivity contribution < 1.29 is 14.7 Å². The molecule has 2 heterocycles. The third kappa shape index (κ3) is 2.40. The summed E-state index contributed by atoms with van der Waals surface area (Å²) in [6.45, 7) is 3.30. The highest BCUT2D eigenvalue weighted by molar-refractivity contribution is 6.01. The van der Waals surface area contributed by atoms with Crippen LogP contribution >= 0.6 is 0 Å². The van der Waals surface area contributed by atoms with Crippen LogP contribution in [0.5, 0.6) is 0 Å². The van der Waals surface area contributed by atoms with Gasteiger partial charge in [0.25, 0.3) is 11.5 Å². The van der Waals surface area contributed by atoms with Crippen molar-refractivity contribution in [2.75, 3.05) is 0 Å². The Morgan fingerprint density at radius 3 is 2.85 bits per heavy atom. The normalized spacial score (nSPS) is 12.3. The zero-order valence-corrected chi connectivity index (χ0v) is 11.0. The van der Waals surface area contributed by atoms with Gasteiger partial charge in [-0.05, 0) is 13.3 Å². The van der Waals surface area contributed by atoms with Crippen LogP contribution in [0.4, 0.5) is 0 Å². The van der Waals surface area contributed by atoms with Crippen molar-refractivity contribution in [3.63, 3.8) is 0 Å². The second-order valence-corrected chi connectivity index (χ2v) is 4.35. The van der Waals surface area contributed by atoms with E-state index in [0.717, 1.165) is 4.52 Å². The van der Waals surface area contributed by atoms with Crippen molar-refractivity contribution in [3.05, 3.63) is 33.9 Å². The van der Waals surface area contributed by atoms with Gasteiger partial charge in [-0.25, -0.2) is 14.3 Å². The van der Waals surface area contributed by atoms with Gasteiger partial charge in [0.1, 0.15) is 11.6 Å². The van der Waals surface area contributed by atoms with E-state index in [-0.39, 0.29) is 23.2 Å². The van der Waals surface area contributed by atoms with Gasteiger partial charge in [0, 0.05) is 18.0 Å². The second-order valence-electron chi connectivity index (χ2n) is 4.35. The van der Waals surface area contributed by atoms with E-state index in [9.17, 15) is 14.4 Å². The predicted octanol–water partition coefficient (Wildman–Crippen LogP) is -0.0760. The van der Waals surface area contributed by atoms with Crippen LogP contribution in [0.2, 0.25) is 0 Å². The molecule has 0 saturated heterocycles. The lowest BCUT2D eigenvalue weighted by Crippen LogP contribution is -2.40. The number of carbonyl (C=O) groups is 2. The maximum atomic E-state index is 12.1. The Hall–Kier alpha value is -2.64. The topological polar surface area (TPSA) is 117 Å². The molecule has 2 aromatic rings. The van der Waals surface area contributed by atoms with Gasteiger partial charge >= 0.3 is 5.97 Å². The first-order valence-corrected chi connectivity index (χ1v) is 6.05. The van der Waals surface area contributed by atoms with Crippen LogP contribution in [0.1, 0.15) is 29.4 Å². The van der Waals surface area contributed by atoms with Crippen molar-refractivity contribution in [3.8, 4) is 0 Å². The summed E-state index contributed by atoms with van der Waals surface area (Å²) in [7, 11) is 0. The molecule has 8 heteroatoms. The van der Waals surface area contributed by atoms with Crippen LogP contribution in [0.15, 0.2) is 17.1 Å². The van der Waals surface area contributed by atoms with E-state index in [4.69, 9.17) is 5.11 Å². The summed E-state index contributed by atoms with van der Waals surface area (Å²) < 4.78 is 1.13. The fourth-order valence-electron chi connectivity index (χ4n) is 1.84. The van der Waals surface area contributed by atoms with Gasteiger partial charge in [-0.3, -0.25) is 14.7 Å². The fraction of sp³-hybridized carbons (Fsp3) is 0.333. The fourth-order valence-corrected chi connectivity index (χ4v) is 1.84. The molecule has 1 unspecified atom stereocenters. The van der Waals surface area contributed by atoms with Gasteiger partial charge in [0.15, 0.2) is 5.65 Å². The van der Waals surface area contributed by atoms with Crippen molar-refractivity contribution in [2.24, 2.45) is 0 Å². The van der Waals surface area contributed by atoms with Crippen LogP contribution in [-0.4, -0.2) is 37.6 Å². The van der Waals surface area contributed by atoms with Crippen molar-refractivity contribution >= 4 is 17.5 Å². The minimum atomic E-state index is -1.11. The van der Waals surface area contributed by atoms with Gasteiger partial charge in [0.2, 0.25) is 0 Å². The molecule has 0 fully saturated rings. The smallest absolute Gasteiger partial charge is 0.326 e. The molecule has 1 atom stereocenters.